The van der Waals surface area contributed by atoms with Gasteiger partial charge in [0.25, 0.3) is 5.91 Å². The molecule has 1 aliphatic rings. The molecule has 6 nitrogen and oxygen atoms in total. The molecule has 1 saturated carbocycles. The van der Waals surface area contributed by atoms with Gasteiger partial charge in [0, 0.05) is 25.2 Å². The van der Waals surface area contributed by atoms with Gasteiger partial charge in [0.2, 0.25) is 0 Å². The van der Waals surface area contributed by atoms with Gasteiger partial charge in [-0.05, 0) is 37.1 Å². The van der Waals surface area contributed by atoms with E-state index in [-0.39, 0.29) is 11.6 Å². The fraction of sp³-hybridized carbons (Fsp3) is 0.364. The average Bonchev–Trinajstić information content (AvgIpc) is 3.28. The monoisotopic (exact) mass is 379 g/mol. The summed E-state index contributed by atoms with van der Waals surface area (Å²) in [6.07, 6.45) is 3.88. The number of hydrogen-bond donors (Lipinski definition) is 1. The van der Waals surface area contributed by atoms with Crippen LogP contribution in [0.4, 0.5) is 0 Å². The van der Waals surface area contributed by atoms with E-state index in [9.17, 15) is 9.59 Å². The van der Waals surface area contributed by atoms with Crippen LogP contribution in [0, 0.1) is 0 Å². The number of hydrogen-bond acceptors (Lipinski definition) is 3. The Bertz CT molecular complexity index is 1100. The molecule has 0 bridgehead atoms. The van der Waals surface area contributed by atoms with Crippen LogP contribution in [0.25, 0.3) is 11.0 Å². The second kappa shape index (κ2) is 6.86. The number of aromatic nitrogens is 2. The van der Waals surface area contributed by atoms with Gasteiger partial charge < -0.3 is 10.1 Å². The third-order valence-electron chi connectivity index (χ3n) is 5.97. The molecule has 0 spiro atoms. The number of para-hydroxylation sites is 1. The van der Waals surface area contributed by atoms with Gasteiger partial charge in [0.1, 0.15) is 5.75 Å². The van der Waals surface area contributed by atoms with E-state index in [4.69, 9.17) is 4.74 Å². The minimum Gasteiger partial charge on any atom is -0.496 e. The molecule has 1 fully saturated rings. The molecule has 6 heteroatoms. The molecule has 1 aromatic heterocycles. The molecular weight excluding hydrogens is 354 g/mol. The Morgan fingerprint density at radius 2 is 1.71 bits per heavy atom. The number of imidazole rings is 1. The summed E-state index contributed by atoms with van der Waals surface area (Å²) in [5.41, 5.74) is 2.60. The maximum absolute atomic E-state index is 13.2. The highest BCUT2D eigenvalue weighted by Crippen LogP contribution is 2.42. The Balaban J connectivity index is 1.72. The quantitative estimate of drug-likeness (QED) is 0.758. The van der Waals surface area contributed by atoms with E-state index in [1.54, 1.807) is 42.5 Å². The molecule has 4 rings (SSSR count). The van der Waals surface area contributed by atoms with Crippen molar-refractivity contribution in [3.8, 4) is 5.75 Å². The van der Waals surface area contributed by atoms with E-state index < -0.39 is 5.54 Å². The van der Waals surface area contributed by atoms with Crippen molar-refractivity contribution in [3.63, 3.8) is 0 Å². The third kappa shape index (κ3) is 2.80. The van der Waals surface area contributed by atoms with Crippen LogP contribution in [-0.2, 0) is 19.6 Å². The van der Waals surface area contributed by atoms with Crippen LogP contribution in [0.15, 0.2) is 47.3 Å². The molecule has 0 unspecified atom stereocenters. The van der Waals surface area contributed by atoms with Crippen molar-refractivity contribution in [1.29, 1.82) is 0 Å². The number of benzene rings is 2. The van der Waals surface area contributed by atoms with Gasteiger partial charge in [-0.3, -0.25) is 13.9 Å². The van der Waals surface area contributed by atoms with Crippen LogP contribution in [0.2, 0.25) is 0 Å². The Morgan fingerprint density at radius 1 is 1.04 bits per heavy atom. The molecule has 0 aliphatic heterocycles. The molecule has 28 heavy (non-hydrogen) atoms. The molecule has 146 valence electrons. The van der Waals surface area contributed by atoms with Crippen molar-refractivity contribution in [2.24, 2.45) is 14.1 Å². The number of aryl methyl sites for hydroxylation is 2. The SMILES string of the molecule is COc1ccccc1C1(NC(=O)c2ccc3c(c2)n(C)c(=O)n3C)CCCC1. The number of carbonyl (C=O) groups is 1. The first-order valence-corrected chi connectivity index (χ1v) is 9.58. The lowest BCUT2D eigenvalue weighted by atomic mass is 9.87. The summed E-state index contributed by atoms with van der Waals surface area (Å²) in [5.74, 6) is 0.664. The molecule has 1 heterocycles. The lowest BCUT2D eigenvalue weighted by Crippen LogP contribution is -2.44. The Hall–Kier alpha value is -3.02. The van der Waals surface area contributed by atoms with Crippen molar-refractivity contribution in [2.45, 2.75) is 31.2 Å². The van der Waals surface area contributed by atoms with Gasteiger partial charge in [-0.1, -0.05) is 31.0 Å². The first kappa shape index (κ1) is 18.3. The number of carbonyl (C=O) groups excluding carboxylic acids is 1. The average molecular weight is 379 g/mol. The maximum atomic E-state index is 13.2. The summed E-state index contributed by atoms with van der Waals surface area (Å²) in [7, 11) is 5.12. The topological polar surface area (TPSA) is 65.3 Å². The van der Waals surface area contributed by atoms with E-state index in [2.05, 4.69) is 5.32 Å². The standard InChI is InChI=1S/C22H25N3O3/c1-24-17-11-10-15(14-18(17)25(2)21(24)27)20(26)23-22(12-6-7-13-22)16-8-4-5-9-19(16)28-3/h4-5,8-11,14H,6-7,12-13H2,1-3H3,(H,23,26). The molecule has 2 aromatic carbocycles. The van der Waals surface area contributed by atoms with E-state index in [0.717, 1.165) is 48.0 Å². The van der Waals surface area contributed by atoms with Crippen LogP contribution in [0.1, 0.15) is 41.6 Å². The zero-order valence-corrected chi connectivity index (χ0v) is 16.5. The second-order valence-electron chi connectivity index (χ2n) is 7.55. The number of nitrogens with one attached hydrogen (secondary N) is 1. The minimum atomic E-state index is -0.429. The van der Waals surface area contributed by atoms with Gasteiger partial charge in [0.15, 0.2) is 0 Å². The van der Waals surface area contributed by atoms with E-state index in [0.29, 0.717) is 5.56 Å². The molecule has 0 saturated heterocycles. The Morgan fingerprint density at radius 3 is 2.43 bits per heavy atom. The minimum absolute atomic E-state index is 0.103. The van der Waals surface area contributed by atoms with Crippen LogP contribution in [0.3, 0.4) is 0 Å². The second-order valence-corrected chi connectivity index (χ2v) is 7.55. The molecule has 1 N–H and O–H groups in total. The van der Waals surface area contributed by atoms with Gasteiger partial charge in [-0.15, -0.1) is 0 Å². The van der Waals surface area contributed by atoms with E-state index >= 15 is 0 Å². The predicted molar refractivity (Wildman–Crippen MR) is 109 cm³/mol. The number of nitrogens with zero attached hydrogens (tertiary/aromatic N) is 2. The Kier molecular flexibility index (Phi) is 4.49. The first-order chi connectivity index (χ1) is 13.5. The molecule has 0 atom stereocenters. The number of fused-ring (bicyclic) bond motifs is 1. The summed E-state index contributed by atoms with van der Waals surface area (Å²) in [6.45, 7) is 0. The zero-order valence-electron chi connectivity index (χ0n) is 16.5. The highest BCUT2D eigenvalue weighted by Gasteiger charge is 2.39. The van der Waals surface area contributed by atoms with Crippen molar-refractivity contribution in [1.82, 2.24) is 14.5 Å². The molecule has 0 radical (unpaired) electrons. The Labute approximate surface area is 163 Å². The van der Waals surface area contributed by atoms with Crippen LogP contribution < -0.4 is 15.7 Å². The first-order valence-electron chi connectivity index (χ1n) is 9.58. The van der Waals surface area contributed by atoms with Crippen LogP contribution in [-0.4, -0.2) is 22.2 Å². The predicted octanol–water partition coefficient (Wildman–Crippen LogP) is 3.08. The number of ether oxygens (including phenoxy) is 1. The van der Waals surface area contributed by atoms with Crippen molar-refractivity contribution >= 4 is 16.9 Å². The van der Waals surface area contributed by atoms with Gasteiger partial charge in [-0.25, -0.2) is 4.79 Å². The van der Waals surface area contributed by atoms with E-state index in [1.165, 1.54) is 0 Å². The number of methoxy groups -OCH3 is 1. The van der Waals surface area contributed by atoms with Crippen molar-refractivity contribution < 1.29 is 9.53 Å². The third-order valence-corrected chi connectivity index (χ3v) is 5.97. The summed E-state index contributed by atoms with van der Waals surface area (Å²) in [4.78, 5) is 25.3. The smallest absolute Gasteiger partial charge is 0.328 e. The van der Waals surface area contributed by atoms with Gasteiger partial charge >= 0.3 is 5.69 Å². The molecule has 1 aliphatic carbocycles. The number of rotatable bonds is 4. The van der Waals surface area contributed by atoms with Gasteiger partial charge in [-0.2, -0.15) is 0 Å². The summed E-state index contributed by atoms with van der Waals surface area (Å²) in [5, 5.41) is 3.29. The molecule has 3 aromatic rings. The maximum Gasteiger partial charge on any atom is 0.328 e. The summed E-state index contributed by atoms with van der Waals surface area (Å²) >= 11 is 0. The van der Waals surface area contributed by atoms with Crippen LogP contribution in [0.5, 0.6) is 5.75 Å². The lowest BCUT2D eigenvalue weighted by molar-refractivity contribution is 0.0897. The fourth-order valence-electron chi connectivity index (χ4n) is 4.42. The molecular formula is C22H25N3O3. The fourth-order valence-corrected chi connectivity index (χ4v) is 4.42. The van der Waals surface area contributed by atoms with Crippen molar-refractivity contribution in [3.05, 3.63) is 64.1 Å². The van der Waals surface area contributed by atoms with Gasteiger partial charge in [0.05, 0.1) is 23.7 Å². The zero-order chi connectivity index (χ0) is 19.9. The van der Waals surface area contributed by atoms with Crippen LogP contribution >= 0.6 is 0 Å². The summed E-state index contributed by atoms with van der Waals surface area (Å²) in [6, 6.07) is 13.3. The molecule has 1 amide bonds. The lowest BCUT2D eigenvalue weighted by Gasteiger charge is -2.32. The largest absolute Gasteiger partial charge is 0.496 e. The number of amides is 1. The van der Waals surface area contributed by atoms with E-state index in [1.807, 2.05) is 30.3 Å². The summed E-state index contributed by atoms with van der Waals surface area (Å²) < 4.78 is 8.72. The highest BCUT2D eigenvalue weighted by molar-refractivity contribution is 5.98. The highest BCUT2D eigenvalue weighted by atomic mass is 16.5. The van der Waals surface area contributed by atoms with Crippen molar-refractivity contribution in [2.75, 3.05) is 7.11 Å². The normalized spacial score (nSPS) is 15.7.